The van der Waals surface area contributed by atoms with Gasteiger partial charge < -0.3 is 9.47 Å². The van der Waals surface area contributed by atoms with Crippen LogP contribution in [0.4, 0.5) is 4.79 Å². The number of carbonyl (C=O) groups excluding carboxylic acids is 2. The van der Waals surface area contributed by atoms with E-state index >= 15 is 0 Å². The zero-order valence-corrected chi connectivity index (χ0v) is 25.0. The van der Waals surface area contributed by atoms with Crippen molar-refractivity contribution >= 4 is 90.7 Å². The molecule has 0 atom stereocenters. The van der Waals surface area contributed by atoms with Crippen molar-refractivity contribution in [3.05, 3.63) is 94.3 Å². The fraction of sp³-hybridized carbons (Fsp3) is 0.154. The molecule has 0 bridgehead atoms. The highest BCUT2D eigenvalue weighted by molar-refractivity contribution is 14.1. The SMILES string of the molecule is CCOc1cc(/C=C2\SC(=O)N(Cc3ccc(I)cc3)C2=O)cc(Br)c1OCc1ccc(Cl)cc1Cl. The summed E-state index contributed by atoms with van der Waals surface area (Å²) in [5.41, 5.74) is 2.37. The average molecular weight is 719 g/mol. The molecule has 0 aromatic heterocycles. The fourth-order valence-corrected chi connectivity index (χ4v) is 5.66. The fourth-order valence-electron chi connectivity index (χ4n) is 3.42. The number of carbonyl (C=O) groups is 2. The van der Waals surface area contributed by atoms with E-state index in [4.69, 9.17) is 32.7 Å². The molecule has 1 aliphatic heterocycles. The number of rotatable bonds is 8. The zero-order valence-electron chi connectivity index (χ0n) is 18.9. The maximum Gasteiger partial charge on any atom is 0.293 e. The summed E-state index contributed by atoms with van der Waals surface area (Å²) in [6, 6.07) is 16.5. The highest BCUT2D eigenvalue weighted by Crippen LogP contribution is 2.40. The molecule has 0 unspecified atom stereocenters. The molecule has 1 aliphatic rings. The molecular weight excluding hydrogens is 700 g/mol. The molecule has 1 fully saturated rings. The Kier molecular flexibility index (Phi) is 9.27. The van der Waals surface area contributed by atoms with Crippen LogP contribution >= 0.6 is 73.5 Å². The molecule has 10 heteroatoms. The van der Waals surface area contributed by atoms with Crippen LogP contribution < -0.4 is 9.47 Å². The van der Waals surface area contributed by atoms with E-state index in [2.05, 4.69) is 38.5 Å². The predicted molar refractivity (Wildman–Crippen MR) is 157 cm³/mol. The van der Waals surface area contributed by atoms with Crippen molar-refractivity contribution in [3.63, 3.8) is 0 Å². The van der Waals surface area contributed by atoms with E-state index in [1.807, 2.05) is 37.3 Å². The van der Waals surface area contributed by atoms with E-state index in [0.29, 0.717) is 43.1 Å². The lowest BCUT2D eigenvalue weighted by molar-refractivity contribution is -0.123. The van der Waals surface area contributed by atoms with Crippen LogP contribution in [0.15, 0.2) is 64.0 Å². The van der Waals surface area contributed by atoms with E-state index in [1.54, 1.807) is 30.3 Å². The second-order valence-electron chi connectivity index (χ2n) is 7.68. The van der Waals surface area contributed by atoms with Crippen LogP contribution in [0.2, 0.25) is 10.0 Å². The average Bonchev–Trinajstić information content (AvgIpc) is 3.08. The molecule has 0 saturated carbocycles. The van der Waals surface area contributed by atoms with Crippen molar-refractivity contribution in [2.24, 2.45) is 0 Å². The Morgan fingerprint density at radius 1 is 1.06 bits per heavy atom. The minimum atomic E-state index is -0.324. The topological polar surface area (TPSA) is 55.8 Å². The molecule has 1 saturated heterocycles. The van der Waals surface area contributed by atoms with Gasteiger partial charge in [0.25, 0.3) is 11.1 Å². The molecule has 3 aromatic carbocycles. The van der Waals surface area contributed by atoms with Gasteiger partial charge in [-0.1, -0.05) is 41.4 Å². The van der Waals surface area contributed by atoms with Crippen LogP contribution in [0.5, 0.6) is 11.5 Å². The lowest BCUT2D eigenvalue weighted by atomic mass is 10.1. The van der Waals surface area contributed by atoms with Crippen molar-refractivity contribution in [3.8, 4) is 11.5 Å². The van der Waals surface area contributed by atoms with Gasteiger partial charge in [-0.05, 0) is 111 Å². The number of hydrogen-bond acceptors (Lipinski definition) is 5. The Balaban J connectivity index is 1.55. The number of thioether (sulfide) groups is 1. The molecule has 5 nitrogen and oxygen atoms in total. The van der Waals surface area contributed by atoms with Gasteiger partial charge in [-0.2, -0.15) is 0 Å². The van der Waals surface area contributed by atoms with E-state index < -0.39 is 0 Å². The third-order valence-electron chi connectivity index (χ3n) is 5.14. The predicted octanol–water partition coefficient (Wildman–Crippen LogP) is 8.57. The lowest BCUT2D eigenvalue weighted by Crippen LogP contribution is -2.27. The maximum atomic E-state index is 13.0. The largest absolute Gasteiger partial charge is 0.490 e. The molecule has 186 valence electrons. The van der Waals surface area contributed by atoms with Crippen LogP contribution in [0.3, 0.4) is 0 Å². The van der Waals surface area contributed by atoms with E-state index in [0.717, 1.165) is 26.5 Å². The molecule has 0 N–H and O–H groups in total. The highest BCUT2D eigenvalue weighted by atomic mass is 127. The monoisotopic (exact) mass is 717 g/mol. The summed E-state index contributed by atoms with van der Waals surface area (Å²) in [6.45, 7) is 2.73. The Labute approximate surface area is 245 Å². The summed E-state index contributed by atoms with van der Waals surface area (Å²) in [5.74, 6) is 0.684. The van der Waals surface area contributed by atoms with Gasteiger partial charge in [0.1, 0.15) is 6.61 Å². The smallest absolute Gasteiger partial charge is 0.293 e. The summed E-state index contributed by atoms with van der Waals surface area (Å²) >= 11 is 18.9. The zero-order chi connectivity index (χ0) is 25.8. The number of halogens is 4. The lowest BCUT2D eigenvalue weighted by Gasteiger charge is -2.15. The van der Waals surface area contributed by atoms with Crippen LogP contribution in [-0.2, 0) is 17.9 Å². The molecule has 2 amide bonds. The number of imide groups is 1. The van der Waals surface area contributed by atoms with Gasteiger partial charge in [0.15, 0.2) is 11.5 Å². The second kappa shape index (κ2) is 12.2. The third kappa shape index (κ3) is 6.58. The van der Waals surface area contributed by atoms with Crippen LogP contribution in [-0.4, -0.2) is 22.7 Å². The number of benzene rings is 3. The minimum absolute atomic E-state index is 0.214. The van der Waals surface area contributed by atoms with Gasteiger partial charge in [-0.3, -0.25) is 14.5 Å². The van der Waals surface area contributed by atoms with E-state index in [9.17, 15) is 9.59 Å². The first-order valence-electron chi connectivity index (χ1n) is 10.8. The Bertz CT molecular complexity index is 1350. The minimum Gasteiger partial charge on any atom is -0.490 e. The van der Waals surface area contributed by atoms with Crippen molar-refractivity contribution < 1.29 is 19.1 Å². The quantitative estimate of drug-likeness (QED) is 0.173. The molecule has 0 spiro atoms. The van der Waals surface area contributed by atoms with Crippen LogP contribution in [0.1, 0.15) is 23.6 Å². The maximum absolute atomic E-state index is 13.0. The Hall–Kier alpha value is -1.72. The summed E-state index contributed by atoms with van der Waals surface area (Å²) in [4.78, 5) is 27.2. The summed E-state index contributed by atoms with van der Waals surface area (Å²) in [6.07, 6.45) is 1.69. The first kappa shape index (κ1) is 27.3. The van der Waals surface area contributed by atoms with Gasteiger partial charge >= 0.3 is 0 Å². The number of ether oxygens (including phenoxy) is 2. The van der Waals surface area contributed by atoms with Gasteiger partial charge in [-0.15, -0.1) is 0 Å². The van der Waals surface area contributed by atoms with Crippen molar-refractivity contribution in [1.29, 1.82) is 0 Å². The standard InChI is InChI=1S/C26H19BrCl2INO4S/c1-2-34-22-10-16(9-20(27)24(22)35-14-17-5-6-18(28)12-21(17)29)11-23-25(32)31(26(33)36-23)13-15-3-7-19(30)8-4-15/h3-12H,2,13-14H2,1H3/b23-11-. The molecular formula is C26H19BrCl2INO4S. The first-order valence-corrected chi connectivity index (χ1v) is 14.2. The van der Waals surface area contributed by atoms with E-state index in [1.165, 1.54) is 4.90 Å². The Morgan fingerprint density at radius 2 is 1.81 bits per heavy atom. The molecule has 0 radical (unpaired) electrons. The van der Waals surface area contributed by atoms with Gasteiger partial charge in [0.2, 0.25) is 0 Å². The van der Waals surface area contributed by atoms with E-state index in [-0.39, 0.29) is 24.3 Å². The van der Waals surface area contributed by atoms with Crippen LogP contribution in [0.25, 0.3) is 6.08 Å². The molecule has 0 aliphatic carbocycles. The third-order valence-corrected chi connectivity index (χ3v) is 7.95. The van der Waals surface area contributed by atoms with Crippen LogP contribution in [0, 0.1) is 3.57 Å². The van der Waals surface area contributed by atoms with Crippen molar-refractivity contribution in [2.45, 2.75) is 20.1 Å². The van der Waals surface area contributed by atoms with Crippen molar-refractivity contribution in [1.82, 2.24) is 4.90 Å². The molecule has 3 aromatic rings. The molecule has 1 heterocycles. The summed E-state index contributed by atoms with van der Waals surface area (Å²) in [5, 5.41) is 0.759. The summed E-state index contributed by atoms with van der Waals surface area (Å²) in [7, 11) is 0. The number of nitrogens with zero attached hydrogens (tertiary/aromatic N) is 1. The molecule has 4 rings (SSSR count). The highest BCUT2D eigenvalue weighted by Gasteiger charge is 2.35. The van der Waals surface area contributed by atoms with Gasteiger partial charge in [0, 0.05) is 19.2 Å². The van der Waals surface area contributed by atoms with Crippen molar-refractivity contribution in [2.75, 3.05) is 6.61 Å². The summed E-state index contributed by atoms with van der Waals surface area (Å²) < 4.78 is 13.6. The van der Waals surface area contributed by atoms with Gasteiger partial charge in [-0.25, -0.2) is 0 Å². The number of hydrogen-bond donors (Lipinski definition) is 0. The Morgan fingerprint density at radius 3 is 2.50 bits per heavy atom. The first-order chi connectivity index (χ1) is 17.2. The van der Waals surface area contributed by atoms with Gasteiger partial charge in [0.05, 0.1) is 22.5 Å². The normalized spacial score (nSPS) is 14.6. The molecule has 36 heavy (non-hydrogen) atoms. The number of amides is 2. The second-order valence-corrected chi connectivity index (χ2v) is 11.6.